The number of nitrogens with two attached hydrogens (primary N) is 1. The van der Waals surface area contributed by atoms with Crippen molar-refractivity contribution in [1.82, 2.24) is 101 Å². The fraction of sp³-hybridized carbons (Fsp3) is 0.507. The van der Waals surface area contributed by atoms with Crippen molar-refractivity contribution in [2.45, 2.75) is 144 Å². The Balaban J connectivity index is -0.000000181. The number of aliphatic hydroxyl groups excluding tert-OH is 3. The number of tetrazole rings is 4. The van der Waals surface area contributed by atoms with E-state index in [-0.39, 0.29) is 142 Å². The second kappa shape index (κ2) is 66.9. The topological polar surface area (TPSA) is 309 Å². The molecule has 25 nitrogen and oxygen atoms in total. The van der Waals surface area contributed by atoms with Crippen molar-refractivity contribution < 1.29 is 134 Å². The summed E-state index contributed by atoms with van der Waals surface area (Å²) in [6.07, 6.45) is 3.86. The zero-order valence-electron chi connectivity index (χ0n) is 66.0. The van der Waals surface area contributed by atoms with Gasteiger partial charge < -0.3 is 45.9 Å². The van der Waals surface area contributed by atoms with Gasteiger partial charge in [-0.3, -0.25) is 35.0 Å². The molecule has 10 unspecified atom stereocenters. The van der Waals surface area contributed by atoms with Crippen LogP contribution in [0.15, 0.2) is 121 Å². The van der Waals surface area contributed by atoms with E-state index in [1.807, 2.05) is 119 Å². The number of piperidine rings is 4. The molecule has 105 heavy (non-hydrogen) atoms. The SMILES string of the molecule is CC.CC.CC.CC.CC.CP.[CH-]=O.[CH2-]N1CCC(c2ccccc2)(c2nn[nH]n2)C(C)C1.[CH2-]N1CCC(c2ccccc2)(c2nnn(C)n2)C(C)C1.[CH2-]N1CCC(c2ccccc2)(c2nnn(P)n2)C(C)C1.[CH2-]N1CCC(c2ccccc2)(c2nnnn2C)C(C)C1.[CH2-]O.[CH2-]O.[CH2-]O.[NH2-].[Na+].[W+2].[W+2].[W+2].[W+2]. The summed E-state index contributed by atoms with van der Waals surface area (Å²) in [5, 5.41) is 73.0. The van der Waals surface area contributed by atoms with Gasteiger partial charge >= 0.3 is 114 Å². The summed E-state index contributed by atoms with van der Waals surface area (Å²) < 4.78 is 3.27. The van der Waals surface area contributed by atoms with Crippen molar-refractivity contribution in [3.05, 3.63) is 223 Å². The van der Waals surface area contributed by atoms with E-state index in [2.05, 4.69) is 286 Å². The van der Waals surface area contributed by atoms with Crippen molar-refractivity contribution >= 4 is 25.4 Å². The Kier molecular flexibility index (Phi) is 75.1. The molecular formula is C73H124N21NaO4P2W4. The molecule has 4 aromatic heterocycles. The molecule has 12 rings (SSSR count). The van der Waals surface area contributed by atoms with Gasteiger partial charge in [-0.2, -0.15) is 14.6 Å². The predicted molar refractivity (Wildman–Crippen MR) is 413 cm³/mol. The summed E-state index contributed by atoms with van der Waals surface area (Å²) in [6, 6.07) is 42.2. The van der Waals surface area contributed by atoms with Crippen LogP contribution in [0.2, 0.25) is 0 Å². The molecule has 4 saturated heterocycles. The van der Waals surface area contributed by atoms with Crippen LogP contribution in [-0.2, 0) is 125 Å². The van der Waals surface area contributed by atoms with Gasteiger partial charge in [-0.05, 0) is 145 Å². The minimum atomic E-state index is -0.176. The number of rotatable bonds is 8. The molecule has 8 heterocycles. The molecule has 0 spiro atoms. The van der Waals surface area contributed by atoms with Crippen LogP contribution in [0.5, 0.6) is 0 Å². The van der Waals surface area contributed by atoms with Crippen LogP contribution >= 0.6 is 18.6 Å². The monoisotopic (exact) mass is 2180 g/mol. The van der Waals surface area contributed by atoms with E-state index in [1.54, 1.807) is 4.80 Å². The maximum absolute atomic E-state index is 7.75. The number of aromatic nitrogens is 16. The third-order valence-corrected chi connectivity index (χ3v) is 17.7. The molecule has 10 atom stereocenters. The third kappa shape index (κ3) is 32.0. The number of likely N-dealkylation sites (tertiary alicyclic amines) is 4. The number of aryl methyl sites for hydroxylation is 2. The molecule has 0 aliphatic carbocycles. The van der Waals surface area contributed by atoms with E-state index in [0.717, 1.165) is 101 Å². The van der Waals surface area contributed by atoms with Crippen LogP contribution in [0, 0.1) is 73.2 Å². The average molecular weight is 2180 g/mol. The van der Waals surface area contributed by atoms with E-state index in [0.29, 0.717) is 23.7 Å². The molecule has 0 bridgehead atoms. The molecule has 4 fully saturated rings. The largest absolute Gasteiger partial charge is 2.00 e. The molecule has 32 heteroatoms. The molecule has 0 saturated carbocycles. The van der Waals surface area contributed by atoms with Gasteiger partial charge in [0, 0.05) is 16.4 Å². The fourth-order valence-electron chi connectivity index (χ4n) is 13.2. The molecular weight excluding hydrogens is 2060 g/mol. The average Bonchev–Trinajstić information content (AvgIpc) is 1.77. The molecule has 0 amide bonds. The van der Waals surface area contributed by atoms with Crippen molar-refractivity contribution in [1.29, 1.82) is 0 Å². The summed E-state index contributed by atoms with van der Waals surface area (Å²) in [7, 11) is 31.6. The first kappa shape index (κ1) is 118. The summed E-state index contributed by atoms with van der Waals surface area (Å²) in [4.78, 5) is 17.8. The number of H-pyrrole nitrogens is 1. The number of benzene rings is 4. The molecule has 580 valence electrons. The Morgan fingerprint density at radius 3 is 0.952 bits per heavy atom. The van der Waals surface area contributed by atoms with Crippen LogP contribution in [0.1, 0.15) is 168 Å². The summed E-state index contributed by atoms with van der Waals surface area (Å²) in [6.45, 7) is 41.7. The Labute approximate surface area is 716 Å². The van der Waals surface area contributed by atoms with Crippen molar-refractivity contribution in [2.75, 3.05) is 59.0 Å². The van der Waals surface area contributed by atoms with Crippen LogP contribution in [-0.4, -0.2) is 182 Å². The van der Waals surface area contributed by atoms with Gasteiger partial charge in [0.2, 0.25) is 0 Å². The van der Waals surface area contributed by atoms with Crippen molar-refractivity contribution in [3.8, 4) is 0 Å². The molecule has 4 aromatic carbocycles. The number of carbonyl (C=O) groups excluding carboxylic acids is 1. The smallest absolute Gasteiger partial charge is 0.693 e. The first-order valence-corrected chi connectivity index (χ1v) is 35.8. The second-order valence-corrected chi connectivity index (χ2v) is 22.6. The standard InChI is InChI=1S/2C15H20N5.C14H19N5P.C14H18N5.5C2H6.3CH3O.CHO.CH5P.H2N.Na.4W/c1-12-11-19(2)10-9-15(12,13-7-5-4-6-8-13)14-16-17-18-20(14)3;1-12-11-19(2)10-9-15(12,13-7-5-4-6-8-13)14-16-18-20(3)17-14;1-11-10-18(2)9-8-14(11,12-6-4-3-5-7-12)13-15-17-19(20)16-13;1-11-10-19(2)9-8-14(11,13-15-17-18-16-13)12-6-4-3-5-7-12;10*1-2;;;;;;/h2*4-8,12H,2,9-11H2,1,3H3;3-7,11H,2,8-10,20H2,1H3;3-7,11H,2,8-10H2,1H3,(H,15,16,17,18);5*1-2H3;3*2H,1H2;1H;2H2,1H3;1H2;;;;;/q4*-1;;;;;;4*-1;;-1;+1;4*+2. The third-order valence-electron chi connectivity index (χ3n) is 17.4. The van der Waals surface area contributed by atoms with E-state index < -0.39 is 0 Å². The summed E-state index contributed by atoms with van der Waals surface area (Å²) in [5.41, 5.74) is 4.45. The van der Waals surface area contributed by atoms with Gasteiger partial charge in [-0.1, -0.05) is 230 Å². The Morgan fingerprint density at radius 1 is 0.438 bits per heavy atom. The van der Waals surface area contributed by atoms with Gasteiger partial charge in [0.05, 0.1) is 28.7 Å². The normalized spacial score (nSPS) is 21.5. The van der Waals surface area contributed by atoms with Gasteiger partial charge in [-0.25, -0.2) is 26.0 Å². The molecule has 8 aromatic rings. The summed E-state index contributed by atoms with van der Waals surface area (Å²) >= 11 is 0. The minimum absolute atomic E-state index is 0. The van der Waals surface area contributed by atoms with Crippen molar-refractivity contribution in [3.63, 3.8) is 0 Å². The van der Waals surface area contributed by atoms with Gasteiger partial charge in [0.15, 0.2) is 23.3 Å². The van der Waals surface area contributed by atoms with E-state index >= 15 is 0 Å². The number of aliphatic hydroxyl groups is 3. The zero-order valence-corrected chi connectivity index (χ0v) is 82.0. The minimum Gasteiger partial charge on any atom is -0.693 e. The number of aromatic amines is 1. The number of hydrogen-bond donors (Lipinski definition) is 4. The zero-order chi connectivity index (χ0) is 75.8. The van der Waals surface area contributed by atoms with Crippen LogP contribution in [0.4, 0.5) is 0 Å². The maximum Gasteiger partial charge on any atom is 2.00 e. The molecule has 6 N–H and O–H groups in total. The van der Waals surface area contributed by atoms with Gasteiger partial charge in [0.25, 0.3) is 0 Å². The van der Waals surface area contributed by atoms with Gasteiger partial charge in [-0.15, -0.1) is 44.9 Å². The Bertz CT molecular complexity index is 3090. The van der Waals surface area contributed by atoms with Crippen LogP contribution < -0.4 is 29.6 Å². The second-order valence-electron chi connectivity index (χ2n) is 22.2. The summed E-state index contributed by atoms with van der Waals surface area (Å²) in [5.74, 6) is 4.93. The van der Waals surface area contributed by atoms with E-state index in [9.17, 15) is 0 Å². The molecule has 4 aliphatic heterocycles. The Morgan fingerprint density at radius 2 is 0.714 bits per heavy atom. The first-order valence-electron chi connectivity index (χ1n) is 34.1. The number of hydrogen-bond acceptors (Lipinski definition) is 20. The molecule has 4 aliphatic rings. The predicted octanol–water partition coefficient (Wildman–Crippen LogP) is 10.1. The quantitative estimate of drug-likeness (QED) is 0.0476. The van der Waals surface area contributed by atoms with Crippen molar-refractivity contribution in [2.24, 2.45) is 37.8 Å². The Hall–Kier alpha value is -2.88. The van der Waals surface area contributed by atoms with Gasteiger partial charge in [0.1, 0.15) is 0 Å². The van der Waals surface area contributed by atoms with E-state index in [1.165, 1.54) is 26.8 Å². The number of nitrogens with zero attached hydrogens (tertiary/aromatic N) is 19. The van der Waals surface area contributed by atoms with E-state index in [4.69, 9.17) is 20.1 Å². The maximum atomic E-state index is 7.75. The fourth-order valence-corrected chi connectivity index (χ4v) is 13.3. The number of nitrogens with one attached hydrogen (secondary N) is 1. The first-order chi connectivity index (χ1) is 48.1. The van der Waals surface area contributed by atoms with Crippen LogP contribution in [0.25, 0.3) is 6.15 Å². The molecule has 0 radical (unpaired) electrons. The van der Waals surface area contributed by atoms with Crippen LogP contribution in [0.3, 0.4) is 0 Å².